The first-order valence-electron chi connectivity index (χ1n) is 4.74. The first-order valence-corrected chi connectivity index (χ1v) is 4.74. The van der Waals surface area contributed by atoms with Crippen LogP contribution in [0.2, 0.25) is 0 Å². The van der Waals surface area contributed by atoms with Crippen molar-refractivity contribution < 1.29 is 13.2 Å². The first kappa shape index (κ1) is 12.0. The molecule has 1 aromatic heterocycles. The van der Waals surface area contributed by atoms with Crippen LogP contribution in [0, 0.1) is 0 Å². The van der Waals surface area contributed by atoms with Gasteiger partial charge in [-0.1, -0.05) is 0 Å². The van der Waals surface area contributed by atoms with Gasteiger partial charge < -0.3 is 5.73 Å². The number of rotatable bonds is 4. The lowest BCUT2D eigenvalue weighted by molar-refractivity contribution is -0.138. The standard InChI is InChI=1S/C9H14F3N3/c1-2-15-6-7(5-14-15)3-8(13)4-9(10,11)12/h5-6,8H,2-4,13H2,1H3. The lowest BCUT2D eigenvalue weighted by atomic mass is 10.1. The molecule has 0 aliphatic rings. The SMILES string of the molecule is CCn1cc(CC(N)CC(F)(F)F)cn1. The van der Waals surface area contributed by atoms with E-state index in [4.69, 9.17) is 5.73 Å². The van der Waals surface area contributed by atoms with Crippen molar-refractivity contribution in [2.45, 2.75) is 38.5 Å². The predicted octanol–water partition coefficient (Wildman–Crippen LogP) is 1.73. The molecule has 1 rings (SSSR count). The zero-order valence-electron chi connectivity index (χ0n) is 8.46. The molecule has 1 aromatic rings. The summed E-state index contributed by atoms with van der Waals surface area (Å²) in [6.45, 7) is 2.61. The van der Waals surface area contributed by atoms with Crippen LogP contribution in [0.3, 0.4) is 0 Å². The van der Waals surface area contributed by atoms with Crippen molar-refractivity contribution in [1.29, 1.82) is 0 Å². The van der Waals surface area contributed by atoms with E-state index in [2.05, 4.69) is 5.10 Å². The molecular weight excluding hydrogens is 207 g/mol. The predicted molar refractivity (Wildman–Crippen MR) is 50.3 cm³/mol. The molecule has 1 atom stereocenters. The second-order valence-electron chi connectivity index (χ2n) is 3.49. The number of nitrogens with zero attached hydrogens (tertiary/aromatic N) is 2. The molecule has 0 aromatic carbocycles. The van der Waals surface area contributed by atoms with Gasteiger partial charge in [-0.2, -0.15) is 18.3 Å². The van der Waals surface area contributed by atoms with Gasteiger partial charge in [-0.3, -0.25) is 4.68 Å². The van der Waals surface area contributed by atoms with Gasteiger partial charge in [0.15, 0.2) is 0 Å². The quantitative estimate of drug-likeness (QED) is 0.841. The molecule has 0 fully saturated rings. The van der Waals surface area contributed by atoms with Gasteiger partial charge in [0.1, 0.15) is 0 Å². The van der Waals surface area contributed by atoms with Crippen molar-refractivity contribution in [3.05, 3.63) is 18.0 Å². The van der Waals surface area contributed by atoms with E-state index in [1.807, 2.05) is 6.92 Å². The average molecular weight is 221 g/mol. The fourth-order valence-electron chi connectivity index (χ4n) is 1.36. The smallest absolute Gasteiger partial charge is 0.327 e. The maximum absolute atomic E-state index is 12.0. The summed E-state index contributed by atoms with van der Waals surface area (Å²) < 4.78 is 37.6. The number of nitrogens with two attached hydrogens (primary N) is 1. The second kappa shape index (κ2) is 4.65. The lowest BCUT2D eigenvalue weighted by Crippen LogP contribution is -2.29. The molecule has 6 heteroatoms. The van der Waals surface area contributed by atoms with Gasteiger partial charge >= 0.3 is 6.18 Å². The molecule has 0 aliphatic carbocycles. The summed E-state index contributed by atoms with van der Waals surface area (Å²) in [7, 11) is 0. The summed E-state index contributed by atoms with van der Waals surface area (Å²) >= 11 is 0. The Labute approximate surface area is 86.1 Å². The van der Waals surface area contributed by atoms with Crippen molar-refractivity contribution >= 4 is 0 Å². The van der Waals surface area contributed by atoms with Crippen LogP contribution in [-0.4, -0.2) is 22.0 Å². The van der Waals surface area contributed by atoms with Crippen LogP contribution in [0.5, 0.6) is 0 Å². The van der Waals surface area contributed by atoms with Gasteiger partial charge in [0.05, 0.1) is 12.6 Å². The summed E-state index contributed by atoms with van der Waals surface area (Å²) in [4.78, 5) is 0. The molecule has 0 saturated heterocycles. The van der Waals surface area contributed by atoms with Crippen molar-refractivity contribution in [1.82, 2.24) is 9.78 Å². The number of aromatic nitrogens is 2. The topological polar surface area (TPSA) is 43.8 Å². The Hall–Kier alpha value is -1.04. The van der Waals surface area contributed by atoms with Crippen LogP contribution in [0.4, 0.5) is 13.2 Å². The van der Waals surface area contributed by atoms with Crippen LogP contribution in [0.25, 0.3) is 0 Å². The van der Waals surface area contributed by atoms with Crippen LogP contribution in [-0.2, 0) is 13.0 Å². The Morgan fingerprint density at radius 1 is 1.53 bits per heavy atom. The number of hydrogen-bond acceptors (Lipinski definition) is 2. The molecular formula is C9H14F3N3. The summed E-state index contributed by atoms with van der Waals surface area (Å²) in [6.07, 6.45) is -1.67. The third kappa shape index (κ3) is 4.33. The lowest BCUT2D eigenvalue weighted by Gasteiger charge is -2.12. The molecule has 0 bridgehead atoms. The van der Waals surface area contributed by atoms with Crippen LogP contribution < -0.4 is 5.73 Å². The van der Waals surface area contributed by atoms with Crippen molar-refractivity contribution in [3.63, 3.8) is 0 Å². The number of hydrogen-bond donors (Lipinski definition) is 1. The molecule has 86 valence electrons. The highest BCUT2D eigenvalue weighted by Crippen LogP contribution is 2.22. The molecule has 0 radical (unpaired) electrons. The average Bonchev–Trinajstić information content (AvgIpc) is 2.48. The number of aryl methyl sites for hydroxylation is 1. The molecule has 2 N–H and O–H groups in total. The van der Waals surface area contributed by atoms with E-state index in [0.29, 0.717) is 6.54 Å². The fraction of sp³-hybridized carbons (Fsp3) is 0.667. The third-order valence-corrected chi connectivity index (χ3v) is 2.00. The normalized spacial score (nSPS) is 14.2. The first-order chi connectivity index (χ1) is 6.90. The van der Waals surface area contributed by atoms with Gasteiger partial charge in [-0.05, 0) is 18.9 Å². The van der Waals surface area contributed by atoms with Crippen LogP contribution in [0.15, 0.2) is 12.4 Å². The molecule has 15 heavy (non-hydrogen) atoms. The van der Waals surface area contributed by atoms with Gasteiger partial charge in [-0.15, -0.1) is 0 Å². The monoisotopic (exact) mass is 221 g/mol. The zero-order valence-corrected chi connectivity index (χ0v) is 8.46. The summed E-state index contributed by atoms with van der Waals surface area (Å²) in [6, 6.07) is -0.889. The maximum Gasteiger partial charge on any atom is 0.390 e. The minimum atomic E-state index is -4.19. The highest BCUT2D eigenvalue weighted by Gasteiger charge is 2.30. The molecule has 0 saturated carbocycles. The highest BCUT2D eigenvalue weighted by atomic mass is 19.4. The van der Waals surface area contributed by atoms with Crippen molar-refractivity contribution in [3.8, 4) is 0 Å². The highest BCUT2D eigenvalue weighted by molar-refractivity contribution is 5.06. The molecule has 1 heterocycles. The molecule has 1 unspecified atom stereocenters. The molecule has 0 amide bonds. The Morgan fingerprint density at radius 2 is 2.20 bits per heavy atom. The van der Waals surface area contributed by atoms with Crippen molar-refractivity contribution in [2.75, 3.05) is 0 Å². The molecule has 0 spiro atoms. The van der Waals surface area contributed by atoms with Gasteiger partial charge in [0.25, 0.3) is 0 Å². The third-order valence-electron chi connectivity index (χ3n) is 2.00. The zero-order chi connectivity index (χ0) is 11.5. The minimum Gasteiger partial charge on any atom is -0.327 e. The van der Waals surface area contributed by atoms with Crippen molar-refractivity contribution in [2.24, 2.45) is 5.73 Å². The van der Waals surface area contributed by atoms with E-state index in [1.54, 1.807) is 17.1 Å². The van der Waals surface area contributed by atoms with E-state index in [0.717, 1.165) is 5.56 Å². The summed E-state index contributed by atoms with van der Waals surface area (Å²) in [5.41, 5.74) is 6.13. The van der Waals surface area contributed by atoms with Crippen LogP contribution >= 0.6 is 0 Å². The van der Waals surface area contributed by atoms with Gasteiger partial charge in [0, 0.05) is 18.8 Å². The number of halogens is 3. The number of alkyl halides is 3. The summed E-state index contributed by atoms with van der Waals surface area (Å²) in [5.74, 6) is 0. The summed E-state index contributed by atoms with van der Waals surface area (Å²) in [5, 5.41) is 3.96. The van der Waals surface area contributed by atoms with E-state index in [9.17, 15) is 13.2 Å². The Kier molecular flexibility index (Phi) is 3.73. The van der Waals surface area contributed by atoms with E-state index >= 15 is 0 Å². The van der Waals surface area contributed by atoms with E-state index in [-0.39, 0.29) is 6.42 Å². The maximum atomic E-state index is 12.0. The minimum absolute atomic E-state index is 0.208. The van der Waals surface area contributed by atoms with E-state index in [1.165, 1.54) is 0 Å². The Morgan fingerprint density at radius 3 is 2.67 bits per heavy atom. The molecule has 0 aliphatic heterocycles. The van der Waals surface area contributed by atoms with Gasteiger partial charge in [0.2, 0.25) is 0 Å². The Balaban J connectivity index is 2.47. The molecule has 3 nitrogen and oxygen atoms in total. The van der Waals surface area contributed by atoms with E-state index < -0.39 is 18.6 Å². The Bertz CT molecular complexity index is 306. The largest absolute Gasteiger partial charge is 0.390 e. The van der Waals surface area contributed by atoms with Crippen LogP contribution in [0.1, 0.15) is 18.9 Å². The van der Waals surface area contributed by atoms with Gasteiger partial charge in [-0.25, -0.2) is 0 Å². The second-order valence-corrected chi connectivity index (χ2v) is 3.49. The fourth-order valence-corrected chi connectivity index (χ4v) is 1.36.